The fourth-order valence-electron chi connectivity index (χ4n) is 8.76. The van der Waals surface area contributed by atoms with Crippen LogP contribution in [0.25, 0.3) is 117 Å². The standard InChI is InChI=1S/C57H36N4O/c1-5-13-37(14-6-1)40-21-23-42(24-22-40)56-58-55(41-19-11-4-12-20-41)59-57(60-56)45-25-29-47-48-30-28-46(36-54(48)62-53(47)35-45)61-51-31-26-43(38-15-7-2-8-16-38)33-49(51)50-34-44(27-32-52(50)61)39-17-9-3-10-18-39/h1-36H. The van der Waals surface area contributed by atoms with E-state index < -0.39 is 0 Å². The lowest BCUT2D eigenvalue weighted by Gasteiger charge is -2.09. The van der Waals surface area contributed by atoms with Gasteiger partial charge in [-0.15, -0.1) is 0 Å². The van der Waals surface area contributed by atoms with Crippen LogP contribution in [0.15, 0.2) is 223 Å². The third-order valence-electron chi connectivity index (χ3n) is 11.9. The Morgan fingerprint density at radius 2 is 0.645 bits per heavy atom. The van der Waals surface area contributed by atoms with Gasteiger partial charge in [0.1, 0.15) is 11.2 Å². The van der Waals surface area contributed by atoms with E-state index in [4.69, 9.17) is 19.4 Å². The maximum Gasteiger partial charge on any atom is 0.164 e. The Bertz CT molecular complexity index is 3500. The summed E-state index contributed by atoms with van der Waals surface area (Å²) < 4.78 is 9.09. The van der Waals surface area contributed by atoms with Gasteiger partial charge in [0.15, 0.2) is 17.5 Å². The number of benzene rings is 9. The average molecular weight is 793 g/mol. The van der Waals surface area contributed by atoms with Crippen molar-refractivity contribution >= 4 is 43.7 Å². The fourth-order valence-corrected chi connectivity index (χ4v) is 8.76. The highest BCUT2D eigenvalue weighted by atomic mass is 16.3. The highest BCUT2D eigenvalue weighted by Gasteiger charge is 2.18. The number of hydrogen-bond acceptors (Lipinski definition) is 4. The topological polar surface area (TPSA) is 56.7 Å². The fraction of sp³-hybridized carbons (Fsp3) is 0. The molecular weight excluding hydrogens is 757 g/mol. The van der Waals surface area contributed by atoms with Gasteiger partial charge in [0, 0.05) is 50.0 Å². The number of hydrogen-bond donors (Lipinski definition) is 0. The molecule has 0 N–H and O–H groups in total. The van der Waals surface area contributed by atoms with Crippen molar-refractivity contribution in [2.24, 2.45) is 0 Å². The second-order valence-electron chi connectivity index (χ2n) is 15.6. The second kappa shape index (κ2) is 14.7. The van der Waals surface area contributed by atoms with Crippen molar-refractivity contribution in [2.75, 3.05) is 0 Å². The molecule has 0 radical (unpaired) electrons. The van der Waals surface area contributed by atoms with Crippen LogP contribution >= 0.6 is 0 Å². The molecular formula is C57H36N4O. The molecule has 12 rings (SSSR count). The van der Waals surface area contributed by atoms with Crippen LogP contribution in [0.2, 0.25) is 0 Å². The summed E-state index contributed by atoms with van der Waals surface area (Å²) in [5.74, 6) is 1.81. The quantitative estimate of drug-likeness (QED) is 0.161. The number of fused-ring (bicyclic) bond motifs is 6. The molecule has 0 spiro atoms. The van der Waals surface area contributed by atoms with Crippen molar-refractivity contribution < 1.29 is 4.42 Å². The molecule has 0 aliphatic carbocycles. The van der Waals surface area contributed by atoms with Gasteiger partial charge in [-0.25, -0.2) is 15.0 Å². The van der Waals surface area contributed by atoms with E-state index in [-0.39, 0.29) is 0 Å². The first kappa shape index (κ1) is 35.5. The van der Waals surface area contributed by atoms with Crippen LogP contribution in [0.5, 0.6) is 0 Å². The number of rotatable bonds is 7. The first-order chi connectivity index (χ1) is 30.7. The molecule has 0 aliphatic heterocycles. The minimum Gasteiger partial charge on any atom is -0.456 e. The maximum atomic E-state index is 6.73. The molecule has 0 fully saturated rings. The summed E-state index contributed by atoms with van der Waals surface area (Å²) in [6, 6.07) is 76.4. The van der Waals surface area contributed by atoms with Crippen LogP contribution in [0.4, 0.5) is 0 Å². The Balaban J connectivity index is 0.968. The molecule has 0 unspecified atom stereocenters. The van der Waals surface area contributed by atoms with Gasteiger partial charge in [0.25, 0.3) is 0 Å². The van der Waals surface area contributed by atoms with Crippen LogP contribution in [0, 0.1) is 0 Å². The second-order valence-corrected chi connectivity index (χ2v) is 15.6. The lowest BCUT2D eigenvalue weighted by Crippen LogP contribution is -2.00. The lowest BCUT2D eigenvalue weighted by molar-refractivity contribution is 0.668. The van der Waals surface area contributed by atoms with Gasteiger partial charge >= 0.3 is 0 Å². The zero-order valence-electron chi connectivity index (χ0n) is 33.5. The van der Waals surface area contributed by atoms with Crippen LogP contribution in [-0.2, 0) is 0 Å². The summed E-state index contributed by atoms with van der Waals surface area (Å²) in [6.07, 6.45) is 0. The SMILES string of the molecule is c1ccc(-c2ccc(-c3nc(-c4ccccc4)nc(-c4ccc5c(c4)oc4cc(-n6c7ccc(-c8ccccc8)cc7c7cc(-c8ccccc8)ccc76)ccc45)n3)cc2)cc1. The number of aromatic nitrogens is 4. The van der Waals surface area contributed by atoms with Crippen LogP contribution in [0.3, 0.4) is 0 Å². The third-order valence-corrected chi connectivity index (χ3v) is 11.9. The lowest BCUT2D eigenvalue weighted by atomic mass is 10.0. The summed E-state index contributed by atoms with van der Waals surface area (Å²) in [5, 5.41) is 4.49. The van der Waals surface area contributed by atoms with E-state index >= 15 is 0 Å². The summed E-state index contributed by atoms with van der Waals surface area (Å²) in [5.41, 5.74) is 14.6. The average Bonchev–Trinajstić information content (AvgIpc) is 3.89. The van der Waals surface area contributed by atoms with Gasteiger partial charge in [-0.1, -0.05) is 164 Å². The van der Waals surface area contributed by atoms with Crippen molar-refractivity contribution in [1.29, 1.82) is 0 Å². The summed E-state index contributed by atoms with van der Waals surface area (Å²) in [4.78, 5) is 15.0. The number of nitrogens with zero attached hydrogens (tertiary/aromatic N) is 4. The van der Waals surface area contributed by atoms with E-state index in [0.717, 1.165) is 66.5 Å². The molecule has 5 heteroatoms. The van der Waals surface area contributed by atoms with Gasteiger partial charge < -0.3 is 8.98 Å². The summed E-state index contributed by atoms with van der Waals surface area (Å²) in [6.45, 7) is 0. The molecule has 0 amide bonds. The van der Waals surface area contributed by atoms with E-state index in [9.17, 15) is 0 Å². The normalized spacial score (nSPS) is 11.5. The summed E-state index contributed by atoms with van der Waals surface area (Å²) >= 11 is 0. The van der Waals surface area contributed by atoms with Crippen molar-refractivity contribution in [1.82, 2.24) is 19.5 Å². The Morgan fingerprint density at radius 1 is 0.274 bits per heavy atom. The van der Waals surface area contributed by atoms with Gasteiger partial charge in [-0.3, -0.25) is 0 Å². The van der Waals surface area contributed by atoms with E-state index in [1.807, 2.05) is 36.4 Å². The van der Waals surface area contributed by atoms with Gasteiger partial charge in [-0.2, -0.15) is 0 Å². The van der Waals surface area contributed by atoms with Crippen molar-refractivity contribution in [2.45, 2.75) is 0 Å². The van der Waals surface area contributed by atoms with E-state index in [1.165, 1.54) is 33.0 Å². The Morgan fingerprint density at radius 3 is 1.18 bits per heavy atom. The zero-order valence-corrected chi connectivity index (χ0v) is 33.5. The third kappa shape index (κ3) is 6.23. The first-order valence-electron chi connectivity index (χ1n) is 20.8. The molecule has 290 valence electrons. The molecule has 12 aromatic rings. The minimum atomic E-state index is 0.582. The highest BCUT2D eigenvalue weighted by molar-refractivity contribution is 6.12. The van der Waals surface area contributed by atoms with E-state index in [1.54, 1.807) is 0 Å². The van der Waals surface area contributed by atoms with Crippen LogP contribution in [-0.4, -0.2) is 19.5 Å². The molecule has 0 atom stereocenters. The zero-order chi connectivity index (χ0) is 41.0. The molecule has 9 aromatic carbocycles. The molecule has 5 nitrogen and oxygen atoms in total. The van der Waals surface area contributed by atoms with Gasteiger partial charge in [0.05, 0.1) is 11.0 Å². The van der Waals surface area contributed by atoms with Crippen molar-refractivity contribution in [3.05, 3.63) is 218 Å². The van der Waals surface area contributed by atoms with Crippen molar-refractivity contribution in [3.63, 3.8) is 0 Å². The molecule has 0 saturated carbocycles. The Hall–Kier alpha value is -8.41. The van der Waals surface area contributed by atoms with E-state index in [0.29, 0.717) is 17.5 Å². The maximum absolute atomic E-state index is 6.73. The molecule has 0 saturated heterocycles. The minimum absolute atomic E-state index is 0.582. The predicted octanol–water partition coefficient (Wildman–Crippen LogP) is 14.9. The van der Waals surface area contributed by atoms with Gasteiger partial charge in [-0.05, 0) is 81.9 Å². The Labute approximate surface area is 357 Å². The molecule has 62 heavy (non-hydrogen) atoms. The predicted molar refractivity (Wildman–Crippen MR) is 254 cm³/mol. The molecule has 3 heterocycles. The van der Waals surface area contributed by atoms with E-state index in [2.05, 4.69) is 187 Å². The van der Waals surface area contributed by atoms with Crippen LogP contribution < -0.4 is 0 Å². The number of furan rings is 1. The summed E-state index contributed by atoms with van der Waals surface area (Å²) in [7, 11) is 0. The van der Waals surface area contributed by atoms with Gasteiger partial charge in [0.2, 0.25) is 0 Å². The first-order valence-corrected chi connectivity index (χ1v) is 20.8. The highest BCUT2D eigenvalue weighted by Crippen LogP contribution is 2.39. The Kier molecular flexibility index (Phi) is 8.42. The largest absolute Gasteiger partial charge is 0.456 e. The van der Waals surface area contributed by atoms with Crippen LogP contribution in [0.1, 0.15) is 0 Å². The monoisotopic (exact) mass is 792 g/mol. The molecule has 0 aliphatic rings. The molecule has 0 bridgehead atoms. The smallest absolute Gasteiger partial charge is 0.164 e. The molecule has 3 aromatic heterocycles. The van der Waals surface area contributed by atoms with Crippen molar-refractivity contribution in [3.8, 4) is 73.2 Å².